The van der Waals surface area contributed by atoms with Gasteiger partial charge >= 0.3 is 5.69 Å². The van der Waals surface area contributed by atoms with E-state index in [9.17, 15) is 10.1 Å². The van der Waals surface area contributed by atoms with E-state index in [1.54, 1.807) is 13.2 Å². The van der Waals surface area contributed by atoms with Crippen LogP contribution in [0, 0.1) is 17.0 Å². The Labute approximate surface area is 119 Å². The van der Waals surface area contributed by atoms with Gasteiger partial charge in [0.2, 0.25) is 0 Å². The third-order valence-electron chi connectivity index (χ3n) is 2.77. The van der Waals surface area contributed by atoms with Gasteiger partial charge in [-0.1, -0.05) is 6.07 Å². The maximum absolute atomic E-state index is 10.9. The number of rotatable bonds is 10. The van der Waals surface area contributed by atoms with E-state index in [2.05, 4.69) is 5.32 Å². The van der Waals surface area contributed by atoms with Crippen LogP contribution in [0.15, 0.2) is 18.2 Å². The van der Waals surface area contributed by atoms with Crippen LogP contribution in [0.5, 0.6) is 5.75 Å². The minimum absolute atomic E-state index is 0.0260. The van der Waals surface area contributed by atoms with E-state index in [1.165, 1.54) is 6.07 Å². The predicted molar refractivity (Wildman–Crippen MR) is 77.3 cm³/mol. The number of nitro benzene ring substituents is 1. The van der Waals surface area contributed by atoms with Crippen LogP contribution in [-0.2, 0) is 4.74 Å². The molecule has 6 heteroatoms. The van der Waals surface area contributed by atoms with Gasteiger partial charge in [-0.3, -0.25) is 10.1 Å². The first kappa shape index (κ1) is 16.4. The van der Waals surface area contributed by atoms with Gasteiger partial charge in [0.1, 0.15) is 0 Å². The van der Waals surface area contributed by atoms with Crippen LogP contribution >= 0.6 is 0 Å². The van der Waals surface area contributed by atoms with E-state index in [0.29, 0.717) is 12.4 Å². The number of hydrogen-bond acceptors (Lipinski definition) is 5. The minimum Gasteiger partial charge on any atom is -0.487 e. The molecule has 0 fully saturated rings. The molecule has 112 valence electrons. The van der Waals surface area contributed by atoms with Crippen LogP contribution in [0.2, 0.25) is 0 Å². The molecule has 1 aromatic carbocycles. The second kappa shape index (κ2) is 9.28. The molecule has 1 N–H and O–H groups in total. The fourth-order valence-corrected chi connectivity index (χ4v) is 1.74. The van der Waals surface area contributed by atoms with Crippen molar-refractivity contribution < 1.29 is 14.4 Å². The molecule has 1 aromatic rings. The largest absolute Gasteiger partial charge is 0.487 e. The van der Waals surface area contributed by atoms with Crippen molar-refractivity contribution in [2.75, 3.05) is 33.4 Å². The molecule has 0 radical (unpaired) electrons. The Kier molecular flexibility index (Phi) is 7.60. The third kappa shape index (κ3) is 5.99. The Balaban J connectivity index is 2.27. The molecular weight excluding hydrogens is 260 g/mol. The first-order chi connectivity index (χ1) is 9.65. The zero-order valence-corrected chi connectivity index (χ0v) is 12.1. The summed E-state index contributed by atoms with van der Waals surface area (Å²) in [5.41, 5.74) is 0.877. The fraction of sp³-hybridized carbons (Fsp3) is 0.571. The Hall–Kier alpha value is -1.66. The van der Waals surface area contributed by atoms with Crippen LogP contribution in [0.1, 0.15) is 18.4 Å². The Bertz CT molecular complexity index is 424. The molecular formula is C14H22N2O4. The number of benzene rings is 1. The van der Waals surface area contributed by atoms with Crippen molar-refractivity contribution in [1.29, 1.82) is 0 Å². The lowest BCUT2D eigenvalue weighted by atomic mass is 10.2. The highest BCUT2D eigenvalue weighted by Gasteiger charge is 2.14. The molecule has 0 aliphatic rings. The Morgan fingerprint density at radius 2 is 1.95 bits per heavy atom. The number of methoxy groups -OCH3 is 1. The van der Waals surface area contributed by atoms with Crippen molar-refractivity contribution in [2.24, 2.45) is 0 Å². The molecule has 1 rings (SSSR count). The van der Waals surface area contributed by atoms with Crippen LogP contribution in [-0.4, -0.2) is 38.3 Å². The van der Waals surface area contributed by atoms with Gasteiger partial charge in [0.15, 0.2) is 5.75 Å². The summed E-state index contributed by atoms with van der Waals surface area (Å²) in [6.07, 6.45) is 1.78. The number of ether oxygens (including phenoxy) is 2. The van der Waals surface area contributed by atoms with Crippen molar-refractivity contribution in [1.82, 2.24) is 5.32 Å². The second-order valence-corrected chi connectivity index (χ2v) is 4.53. The number of nitro groups is 1. The summed E-state index contributed by atoms with van der Waals surface area (Å²) in [6.45, 7) is 4.75. The quantitative estimate of drug-likeness (QED) is 0.405. The highest BCUT2D eigenvalue weighted by atomic mass is 16.6. The van der Waals surface area contributed by atoms with E-state index in [0.717, 1.165) is 38.1 Å². The average Bonchev–Trinajstić information content (AvgIpc) is 2.43. The Morgan fingerprint density at radius 3 is 2.60 bits per heavy atom. The van der Waals surface area contributed by atoms with Crippen molar-refractivity contribution >= 4 is 5.69 Å². The SMILES string of the molecule is COCCCNCCCOc1ccc(C)cc1[N+](=O)[O-]. The fourth-order valence-electron chi connectivity index (χ4n) is 1.74. The first-order valence-electron chi connectivity index (χ1n) is 6.72. The zero-order valence-electron chi connectivity index (χ0n) is 12.1. The molecule has 20 heavy (non-hydrogen) atoms. The molecule has 0 atom stereocenters. The number of hydrogen-bond donors (Lipinski definition) is 1. The molecule has 0 aliphatic carbocycles. The highest BCUT2D eigenvalue weighted by Crippen LogP contribution is 2.27. The van der Waals surface area contributed by atoms with Gasteiger partial charge in [-0.15, -0.1) is 0 Å². The first-order valence-corrected chi connectivity index (χ1v) is 6.72. The van der Waals surface area contributed by atoms with Crippen LogP contribution < -0.4 is 10.1 Å². The van der Waals surface area contributed by atoms with Gasteiger partial charge in [-0.2, -0.15) is 0 Å². The summed E-state index contributed by atoms with van der Waals surface area (Å²) >= 11 is 0. The van der Waals surface area contributed by atoms with E-state index >= 15 is 0 Å². The highest BCUT2D eigenvalue weighted by molar-refractivity contribution is 5.48. The van der Waals surface area contributed by atoms with Gasteiger partial charge in [0.25, 0.3) is 0 Å². The lowest BCUT2D eigenvalue weighted by molar-refractivity contribution is -0.385. The molecule has 0 heterocycles. The van der Waals surface area contributed by atoms with Gasteiger partial charge < -0.3 is 14.8 Å². The molecule has 0 unspecified atom stereocenters. The molecule has 0 saturated heterocycles. The van der Waals surface area contributed by atoms with Gasteiger partial charge in [0.05, 0.1) is 11.5 Å². The monoisotopic (exact) mass is 282 g/mol. The maximum atomic E-state index is 10.9. The smallest absolute Gasteiger partial charge is 0.311 e. The summed E-state index contributed by atoms with van der Waals surface area (Å²) < 4.78 is 10.4. The molecule has 0 amide bonds. The van der Waals surface area contributed by atoms with E-state index < -0.39 is 4.92 Å². The molecule has 0 bridgehead atoms. The summed E-state index contributed by atoms with van der Waals surface area (Å²) in [6, 6.07) is 4.99. The lowest BCUT2D eigenvalue weighted by Crippen LogP contribution is -2.19. The van der Waals surface area contributed by atoms with Crippen molar-refractivity contribution in [2.45, 2.75) is 19.8 Å². The van der Waals surface area contributed by atoms with Crippen molar-refractivity contribution in [3.05, 3.63) is 33.9 Å². The van der Waals surface area contributed by atoms with Crippen molar-refractivity contribution in [3.8, 4) is 5.75 Å². The standard InChI is InChI=1S/C14H22N2O4/c1-12-5-6-14(13(11-12)16(17)18)20-10-4-8-15-7-3-9-19-2/h5-6,11,15H,3-4,7-10H2,1-2H3. The van der Waals surface area contributed by atoms with Gasteiger partial charge in [-0.25, -0.2) is 0 Å². The summed E-state index contributed by atoms with van der Waals surface area (Å²) in [5, 5.41) is 14.2. The lowest BCUT2D eigenvalue weighted by Gasteiger charge is -2.08. The molecule has 0 aromatic heterocycles. The van der Waals surface area contributed by atoms with E-state index in [1.807, 2.05) is 13.0 Å². The van der Waals surface area contributed by atoms with Gasteiger partial charge in [-0.05, 0) is 44.5 Å². The predicted octanol–water partition coefficient (Wildman–Crippen LogP) is 2.30. The minimum atomic E-state index is -0.411. The van der Waals surface area contributed by atoms with Crippen LogP contribution in [0.4, 0.5) is 5.69 Å². The number of nitrogens with zero attached hydrogens (tertiary/aromatic N) is 1. The summed E-state index contributed by atoms with van der Waals surface area (Å²) in [7, 11) is 1.68. The molecule has 0 aliphatic heterocycles. The number of aryl methyl sites for hydroxylation is 1. The Morgan fingerprint density at radius 1 is 1.25 bits per heavy atom. The second-order valence-electron chi connectivity index (χ2n) is 4.53. The van der Waals surface area contributed by atoms with Crippen LogP contribution in [0.3, 0.4) is 0 Å². The van der Waals surface area contributed by atoms with Gasteiger partial charge in [0, 0.05) is 19.8 Å². The molecule has 0 spiro atoms. The number of nitrogens with one attached hydrogen (secondary N) is 1. The normalized spacial score (nSPS) is 10.5. The van der Waals surface area contributed by atoms with Crippen LogP contribution in [0.25, 0.3) is 0 Å². The summed E-state index contributed by atoms with van der Waals surface area (Å²) in [4.78, 5) is 10.5. The summed E-state index contributed by atoms with van der Waals surface area (Å²) in [5.74, 6) is 0.333. The average molecular weight is 282 g/mol. The molecule has 6 nitrogen and oxygen atoms in total. The van der Waals surface area contributed by atoms with Crippen molar-refractivity contribution in [3.63, 3.8) is 0 Å². The maximum Gasteiger partial charge on any atom is 0.311 e. The topological polar surface area (TPSA) is 73.6 Å². The third-order valence-corrected chi connectivity index (χ3v) is 2.77. The zero-order chi connectivity index (χ0) is 14.8. The molecule has 0 saturated carbocycles. The van der Waals surface area contributed by atoms with E-state index in [-0.39, 0.29) is 5.69 Å². The van der Waals surface area contributed by atoms with E-state index in [4.69, 9.17) is 9.47 Å².